The molecule has 0 saturated heterocycles. The molecule has 0 bridgehead atoms. The fraction of sp³-hybridized carbons (Fsp3) is 0.364. The smallest absolute Gasteiger partial charge is 0.319 e. The highest BCUT2D eigenvalue weighted by Gasteiger charge is 2.09. The van der Waals surface area contributed by atoms with Crippen LogP contribution in [0, 0.1) is 0 Å². The van der Waals surface area contributed by atoms with Crippen molar-refractivity contribution in [1.82, 2.24) is 5.32 Å². The van der Waals surface area contributed by atoms with Crippen molar-refractivity contribution in [3.05, 3.63) is 33.8 Å². The van der Waals surface area contributed by atoms with Crippen molar-refractivity contribution in [2.75, 3.05) is 13.7 Å². The summed E-state index contributed by atoms with van der Waals surface area (Å²) in [4.78, 5) is 10.9. The number of hydrogen-bond donors (Lipinski definition) is 1. The van der Waals surface area contributed by atoms with Gasteiger partial charge in [0.15, 0.2) is 0 Å². The molecule has 0 aliphatic heterocycles. The maximum absolute atomic E-state index is 10.9. The average molecular weight is 262 g/mol. The summed E-state index contributed by atoms with van der Waals surface area (Å²) in [5.41, 5.74) is 0.971. The first-order chi connectivity index (χ1) is 7.54. The molecule has 1 rings (SSSR count). The molecule has 1 aromatic carbocycles. The Morgan fingerprint density at radius 3 is 2.69 bits per heavy atom. The quantitative estimate of drug-likeness (QED) is 0.848. The van der Waals surface area contributed by atoms with Gasteiger partial charge in [-0.05, 0) is 24.6 Å². The Bertz CT molecular complexity index is 382. The van der Waals surface area contributed by atoms with Gasteiger partial charge in [-0.2, -0.15) is 0 Å². The normalized spacial score (nSPS) is 12.2. The number of carbonyl (C=O) groups is 1. The van der Waals surface area contributed by atoms with Crippen molar-refractivity contribution >= 4 is 29.2 Å². The molecular formula is C11H13Cl2NO2. The summed E-state index contributed by atoms with van der Waals surface area (Å²) in [7, 11) is 1.35. The first-order valence-corrected chi connectivity index (χ1v) is 5.55. The van der Waals surface area contributed by atoms with Crippen LogP contribution in [0.5, 0.6) is 0 Å². The Kier molecular flexibility index (Phi) is 5.06. The minimum absolute atomic E-state index is 0.00821. The number of carbonyl (C=O) groups excluding carboxylic acids is 1. The van der Waals surface area contributed by atoms with Gasteiger partial charge in [0.25, 0.3) is 0 Å². The zero-order chi connectivity index (χ0) is 12.1. The first-order valence-electron chi connectivity index (χ1n) is 4.79. The third kappa shape index (κ3) is 3.67. The molecule has 0 aliphatic rings. The molecule has 0 radical (unpaired) electrons. The summed E-state index contributed by atoms with van der Waals surface area (Å²) in [5, 5.41) is 4.04. The number of methoxy groups -OCH3 is 1. The fourth-order valence-electron chi connectivity index (χ4n) is 1.21. The summed E-state index contributed by atoms with van der Waals surface area (Å²) in [6.07, 6.45) is 0. The van der Waals surface area contributed by atoms with E-state index in [1.807, 2.05) is 13.0 Å². The second kappa shape index (κ2) is 6.09. The van der Waals surface area contributed by atoms with Crippen molar-refractivity contribution in [2.24, 2.45) is 0 Å². The van der Waals surface area contributed by atoms with Gasteiger partial charge in [-0.25, -0.2) is 0 Å². The van der Waals surface area contributed by atoms with Gasteiger partial charge in [-0.1, -0.05) is 29.3 Å². The van der Waals surface area contributed by atoms with Crippen LogP contribution in [0.15, 0.2) is 18.2 Å². The van der Waals surface area contributed by atoms with E-state index in [1.54, 1.807) is 12.1 Å². The molecule has 0 amide bonds. The maximum atomic E-state index is 10.9. The zero-order valence-electron chi connectivity index (χ0n) is 9.09. The van der Waals surface area contributed by atoms with Crippen LogP contribution >= 0.6 is 23.2 Å². The number of rotatable bonds is 4. The number of esters is 1. The molecule has 16 heavy (non-hydrogen) atoms. The SMILES string of the molecule is COC(=O)CNC(C)c1ccc(Cl)c(Cl)c1. The molecule has 5 heteroatoms. The van der Waals surface area contributed by atoms with Gasteiger partial charge in [-0.15, -0.1) is 0 Å². The predicted molar refractivity (Wildman–Crippen MR) is 64.9 cm³/mol. The maximum Gasteiger partial charge on any atom is 0.319 e. The molecule has 1 N–H and O–H groups in total. The molecule has 88 valence electrons. The number of ether oxygens (including phenoxy) is 1. The van der Waals surface area contributed by atoms with E-state index in [0.717, 1.165) is 5.56 Å². The summed E-state index contributed by atoms with van der Waals surface area (Å²) >= 11 is 11.7. The van der Waals surface area contributed by atoms with Gasteiger partial charge in [0.05, 0.1) is 23.7 Å². The van der Waals surface area contributed by atoms with Gasteiger partial charge in [0.1, 0.15) is 0 Å². The molecule has 0 aliphatic carbocycles. The minimum atomic E-state index is -0.299. The van der Waals surface area contributed by atoms with Crippen LogP contribution in [-0.2, 0) is 9.53 Å². The van der Waals surface area contributed by atoms with Gasteiger partial charge < -0.3 is 10.1 Å². The van der Waals surface area contributed by atoms with Crippen molar-refractivity contribution in [1.29, 1.82) is 0 Å². The third-order valence-electron chi connectivity index (χ3n) is 2.22. The predicted octanol–water partition coefficient (Wildman–Crippen LogP) is 2.82. The molecule has 0 fully saturated rings. The number of halogens is 2. The Hall–Kier alpha value is -0.770. The summed E-state index contributed by atoms with van der Waals surface area (Å²) in [6, 6.07) is 5.38. The van der Waals surface area contributed by atoms with Crippen LogP contribution in [0.1, 0.15) is 18.5 Å². The molecule has 1 atom stereocenters. The third-order valence-corrected chi connectivity index (χ3v) is 2.96. The highest BCUT2D eigenvalue weighted by molar-refractivity contribution is 6.42. The van der Waals surface area contributed by atoms with Gasteiger partial charge >= 0.3 is 5.97 Å². The molecule has 1 aromatic rings. The Morgan fingerprint density at radius 1 is 1.44 bits per heavy atom. The lowest BCUT2D eigenvalue weighted by molar-refractivity contribution is -0.139. The second-order valence-electron chi connectivity index (χ2n) is 3.35. The second-order valence-corrected chi connectivity index (χ2v) is 4.17. The van der Waals surface area contributed by atoms with Crippen LogP contribution in [0.2, 0.25) is 10.0 Å². The summed E-state index contributed by atoms with van der Waals surface area (Å²) < 4.78 is 4.53. The van der Waals surface area contributed by atoms with Gasteiger partial charge in [0, 0.05) is 6.04 Å². The largest absolute Gasteiger partial charge is 0.468 e. The molecule has 0 spiro atoms. The molecule has 1 unspecified atom stereocenters. The molecule has 0 saturated carbocycles. The standard InChI is InChI=1S/C11H13Cl2NO2/c1-7(14-6-11(15)16-2)8-3-4-9(12)10(13)5-8/h3-5,7,14H,6H2,1-2H3. The summed E-state index contributed by atoms with van der Waals surface area (Å²) in [6.45, 7) is 2.10. The number of benzene rings is 1. The first kappa shape index (κ1) is 13.3. The van der Waals surface area contributed by atoms with Crippen LogP contribution in [0.25, 0.3) is 0 Å². The van der Waals surface area contributed by atoms with E-state index < -0.39 is 0 Å². The Labute approximate surface area is 105 Å². The topological polar surface area (TPSA) is 38.3 Å². The molecule has 0 aromatic heterocycles. The highest BCUT2D eigenvalue weighted by atomic mass is 35.5. The van der Waals surface area contributed by atoms with E-state index in [-0.39, 0.29) is 18.6 Å². The van der Waals surface area contributed by atoms with Gasteiger partial charge in [-0.3, -0.25) is 4.79 Å². The summed E-state index contributed by atoms with van der Waals surface area (Å²) in [5.74, 6) is -0.299. The molecule has 0 heterocycles. The minimum Gasteiger partial charge on any atom is -0.468 e. The average Bonchev–Trinajstić information content (AvgIpc) is 2.29. The van der Waals surface area contributed by atoms with Gasteiger partial charge in [0.2, 0.25) is 0 Å². The van der Waals surface area contributed by atoms with E-state index >= 15 is 0 Å². The van der Waals surface area contributed by atoms with E-state index in [9.17, 15) is 4.79 Å². The van der Waals surface area contributed by atoms with E-state index in [4.69, 9.17) is 23.2 Å². The van der Waals surface area contributed by atoms with Crippen molar-refractivity contribution < 1.29 is 9.53 Å². The number of hydrogen-bond acceptors (Lipinski definition) is 3. The van der Waals surface area contributed by atoms with Crippen LogP contribution < -0.4 is 5.32 Å². The number of nitrogens with one attached hydrogen (secondary N) is 1. The Morgan fingerprint density at radius 2 is 2.12 bits per heavy atom. The van der Waals surface area contributed by atoms with Crippen LogP contribution in [-0.4, -0.2) is 19.6 Å². The monoisotopic (exact) mass is 261 g/mol. The Balaban J connectivity index is 2.62. The van der Waals surface area contributed by atoms with Crippen molar-refractivity contribution in [3.63, 3.8) is 0 Å². The van der Waals surface area contributed by atoms with Crippen molar-refractivity contribution in [2.45, 2.75) is 13.0 Å². The van der Waals surface area contributed by atoms with Crippen molar-refractivity contribution in [3.8, 4) is 0 Å². The highest BCUT2D eigenvalue weighted by Crippen LogP contribution is 2.25. The van der Waals surface area contributed by atoms with Crippen LogP contribution in [0.4, 0.5) is 0 Å². The van der Waals surface area contributed by atoms with Crippen LogP contribution in [0.3, 0.4) is 0 Å². The lowest BCUT2D eigenvalue weighted by atomic mass is 10.1. The molecule has 3 nitrogen and oxygen atoms in total. The lowest BCUT2D eigenvalue weighted by Crippen LogP contribution is -2.26. The fourth-order valence-corrected chi connectivity index (χ4v) is 1.51. The zero-order valence-corrected chi connectivity index (χ0v) is 10.6. The molecular weight excluding hydrogens is 249 g/mol. The van der Waals surface area contributed by atoms with E-state index in [1.165, 1.54) is 7.11 Å². The van der Waals surface area contributed by atoms with E-state index in [2.05, 4.69) is 10.1 Å². The van der Waals surface area contributed by atoms with E-state index in [0.29, 0.717) is 10.0 Å². The lowest BCUT2D eigenvalue weighted by Gasteiger charge is -2.13.